The van der Waals surface area contributed by atoms with Crippen molar-refractivity contribution in [3.05, 3.63) is 0 Å². The first-order valence-corrected chi connectivity index (χ1v) is 7.46. The highest BCUT2D eigenvalue weighted by atomic mass is 32.2. The highest BCUT2D eigenvalue weighted by molar-refractivity contribution is 7.89. The molecule has 0 heterocycles. The molecule has 0 aromatic rings. The van der Waals surface area contributed by atoms with Gasteiger partial charge < -0.3 is 5.11 Å². The van der Waals surface area contributed by atoms with Gasteiger partial charge in [0.25, 0.3) is 0 Å². The first-order chi connectivity index (χ1) is 7.22. The second-order valence-electron chi connectivity index (χ2n) is 5.25. The Bertz CT molecular complexity index is 286. The van der Waals surface area contributed by atoms with Gasteiger partial charge in [-0.25, -0.2) is 13.1 Å². The molecule has 0 saturated carbocycles. The van der Waals surface area contributed by atoms with Crippen molar-refractivity contribution < 1.29 is 13.5 Å². The second kappa shape index (κ2) is 6.57. The van der Waals surface area contributed by atoms with Gasteiger partial charge in [-0.1, -0.05) is 34.1 Å². The summed E-state index contributed by atoms with van der Waals surface area (Å²) in [6.45, 7) is 8.25. The van der Waals surface area contributed by atoms with Crippen LogP contribution >= 0.6 is 0 Å². The third-order valence-corrected chi connectivity index (χ3v) is 4.35. The SMILES string of the molecule is CCC(C)CS(=O)(=O)NCC(C)(C)CCO. The van der Waals surface area contributed by atoms with Crippen LogP contribution in [0.15, 0.2) is 0 Å². The lowest BCUT2D eigenvalue weighted by molar-refractivity contribution is 0.213. The van der Waals surface area contributed by atoms with Crippen LogP contribution in [-0.4, -0.2) is 32.4 Å². The molecule has 0 aromatic heterocycles. The Kier molecular flexibility index (Phi) is 6.51. The summed E-state index contributed by atoms with van der Waals surface area (Å²) in [6.07, 6.45) is 1.46. The van der Waals surface area contributed by atoms with Gasteiger partial charge >= 0.3 is 0 Å². The molecule has 2 N–H and O–H groups in total. The van der Waals surface area contributed by atoms with Crippen molar-refractivity contribution in [3.8, 4) is 0 Å². The highest BCUT2D eigenvalue weighted by Crippen LogP contribution is 2.18. The first kappa shape index (κ1) is 15.9. The van der Waals surface area contributed by atoms with E-state index < -0.39 is 10.0 Å². The Hall–Kier alpha value is -0.130. The zero-order valence-electron chi connectivity index (χ0n) is 10.8. The molecule has 4 nitrogen and oxygen atoms in total. The Morgan fingerprint density at radius 1 is 1.38 bits per heavy atom. The highest BCUT2D eigenvalue weighted by Gasteiger charge is 2.21. The van der Waals surface area contributed by atoms with Crippen LogP contribution in [0.2, 0.25) is 0 Å². The minimum atomic E-state index is -3.18. The van der Waals surface area contributed by atoms with Crippen LogP contribution in [0.4, 0.5) is 0 Å². The van der Waals surface area contributed by atoms with Gasteiger partial charge in [0, 0.05) is 13.2 Å². The largest absolute Gasteiger partial charge is 0.396 e. The number of hydrogen-bond acceptors (Lipinski definition) is 3. The van der Waals surface area contributed by atoms with E-state index in [0.717, 1.165) is 6.42 Å². The van der Waals surface area contributed by atoms with Crippen molar-refractivity contribution in [2.45, 2.75) is 40.5 Å². The molecule has 0 saturated heterocycles. The van der Waals surface area contributed by atoms with E-state index in [0.29, 0.717) is 13.0 Å². The number of rotatable bonds is 8. The molecule has 98 valence electrons. The maximum absolute atomic E-state index is 11.7. The molecule has 0 radical (unpaired) electrons. The monoisotopic (exact) mass is 251 g/mol. The van der Waals surface area contributed by atoms with E-state index in [-0.39, 0.29) is 23.7 Å². The predicted molar refractivity (Wildman–Crippen MR) is 66.7 cm³/mol. The molecule has 0 aliphatic carbocycles. The van der Waals surface area contributed by atoms with Crippen LogP contribution < -0.4 is 4.72 Å². The number of aliphatic hydroxyl groups is 1. The van der Waals surface area contributed by atoms with Crippen LogP contribution in [0.1, 0.15) is 40.5 Å². The van der Waals surface area contributed by atoms with Gasteiger partial charge in [0.15, 0.2) is 0 Å². The van der Waals surface area contributed by atoms with Gasteiger partial charge in [0.1, 0.15) is 0 Å². The van der Waals surface area contributed by atoms with Crippen molar-refractivity contribution in [3.63, 3.8) is 0 Å². The zero-order valence-corrected chi connectivity index (χ0v) is 11.6. The smallest absolute Gasteiger partial charge is 0.211 e. The molecule has 0 rings (SSSR count). The van der Waals surface area contributed by atoms with Crippen LogP contribution in [-0.2, 0) is 10.0 Å². The van der Waals surface area contributed by atoms with E-state index >= 15 is 0 Å². The molecule has 0 aromatic carbocycles. The lowest BCUT2D eigenvalue weighted by atomic mass is 9.90. The Labute approximate surface area is 99.5 Å². The van der Waals surface area contributed by atoms with E-state index in [1.807, 2.05) is 27.7 Å². The van der Waals surface area contributed by atoms with Gasteiger partial charge in [0.2, 0.25) is 10.0 Å². The molecule has 0 spiro atoms. The van der Waals surface area contributed by atoms with Gasteiger partial charge in [-0.05, 0) is 17.8 Å². The van der Waals surface area contributed by atoms with Crippen molar-refractivity contribution >= 4 is 10.0 Å². The maximum atomic E-state index is 11.7. The van der Waals surface area contributed by atoms with Gasteiger partial charge in [-0.2, -0.15) is 0 Å². The molecule has 0 amide bonds. The Balaban J connectivity index is 4.18. The summed E-state index contributed by atoms with van der Waals surface area (Å²) in [4.78, 5) is 0. The molecule has 0 aliphatic rings. The fraction of sp³-hybridized carbons (Fsp3) is 1.00. The van der Waals surface area contributed by atoms with E-state index in [1.165, 1.54) is 0 Å². The average Bonchev–Trinajstić information content (AvgIpc) is 2.14. The molecule has 1 atom stereocenters. The summed E-state index contributed by atoms with van der Waals surface area (Å²) in [5, 5.41) is 8.84. The summed E-state index contributed by atoms with van der Waals surface area (Å²) in [5.74, 6) is 0.358. The van der Waals surface area contributed by atoms with Gasteiger partial charge in [0.05, 0.1) is 5.75 Å². The summed E-state index contributed by atoms with van der Waals surface area (Å²) < 4.78 is 26.0. The quantitative estimate of drug-likeness (QED) is 0.684. The summed E-state index contributed by atoms with van der Waals surface area (Å²) in [5.41, 5.74) is -0.197. The van der Waals surface area contributed by atoms with Crippen LogP contribution in [0.25, 0.3) is 0 Å². The number of aliphatic hydroxyl groups excluding tert-OH is 1. The Morgan fingerprint density at radius 3 is 2.38 bits per heavy atom. The summed E-state index contributed by atoms with van der Waals surface area (Å²) in [6, 6.07) is 0. The molecule has 5 heteroatoms. The van der Waals surface area contributed by atoms with Gasteiger partial charge in [-0.3, -0.25) is 0 Å². The fourth-order valence-electron chi connectivity index (χ4n) is 1.25. The minimum absolute atomic E-state index is 0.0834. The molecular formula is C11H25NO3S. The van der Waals surface area contributed by atoms with Crippen molar-refractivity contribution in [2.24, 2.45) is 11.3 Å². The molecular weight excluding hydrogens is 226 g/mol. The number of hydrogen-bond donors (Lipinski definition) is 2. The minimum Gasteiger partial charge on any atom is -0.396 e. The number of sulfonamides is 1. The van der Waals surface area contributed by atoms with E-state index in [9.17, 15) is 8.42 Å². The van der Waals surface area contributed by atoms with Crippen LogP contribution in [0, 0.1) is 11.3 Å². The van der Waals surface area contributed by atoms with Crippen molar-refractivity contribution in [1.82, 2.24) is 4.72 Å². The molecule has 16 heavy (non-hydrogen) atoms. The lowest BCUT2D eigenvalue weighted by Gasteiger charge is -2.24. The summed E-state index contributed by atoms with van der Waals surface area (Å²) in [7, 11) is -3.18. The zero-order chi connectivity index (χ0) is 12.8. The fourth-order valence-corrected chi connectivity index (χ4v) is 2.96. The summed E-state index contributed by atoms with van der Waals surface area (Å²) >= 11 is 0. The normalized spacial score (nSPS) is 15.1. The molecule has 0 aliphatic heterocycles. The van der Waals surface area contributed by atoms with E-state index in [2.05, 4.69) is 4.72 Å². The van der Waals surface area contributed by atoms with E-state index in [4.69, 9.17) is 5.11 Å². The molecule has 0 fully saturated rings. The number of nitrogens with one attached hydrogen (secondary N) is 1. The maximum Gasteiger partial charge on any atom is 0.211 e. The van der Waals surface area contributed by atoms with Crippen molar-refractivity contribution in [2.75, 3.05) is 18.9 Å². The van der Waals surface area contributed by atoms with Crippen LogP contribution in [0.5, 0.6) is 0 Å². The van der Waals surface area contributed by atoms with E-state index in [1.54, 1.807) is 0 Å². The Morgan fingerprint density at radius 2 is 1.94 bits per heavy atom. The van der Waals surface area contributed by atoms with Gasteiger partial charge in [-0.15, -0.1) is 0 Å². The third-order valence-electron chi connectivity index (χ3n) is 2.76. The average molecular weight is 251 g/mol. The van der Waals surface area contributed by atoms with Crippen LogP contribution in [0.3, 0.4) is 0 Å². The second-order valence-corrected chi connectivity index (χ2v) is 7.11. The first-order valence-electron chi connectivity index (χ1n) is 5.80. The predicted octanol–water partition coefficient (Wildman–Crippen LogP) is 1.36. The van der Waals surface area contributed by atoms with Crippen molar-refractivity contribution in [1.29, 1.82) is 0 Å². The topological polar surface area (TPSA) is 66.4 Å². The molecule has 0 bridgehead atoms. The molecule has 1 unspecified atom stereocenters. The standard InChI is InChI=1S/C11H25NO3S/c1-5-10(2)8-16(14,15)12-9-11(3,4)6-7-13/h10,12-13H,5-9H2,1-4H3. The third kappa shape index (κ3) is 7.19. The lowest BCUT2D eigenvalue weighted by Crippen LogP contribution is -2.37.